The minimum atomic E-state index is -0.0154. The molecule has 0 radical (unpaired) electrons. The highest BCUT2D eigenvalue weighted by atomic mass is 16.5. The fraction of sp³-hybridized carbons (Fsp3) is 0.946. The van der Waals surface area contributed by atoms with E-state index in [1.165, 1.54) is 166 Å². The molecule has 0 saturated heterocycles. The van der Waals surface area contributed by atoms with E-state index < -0.39 is 0 Å². The lowest BCUT2D eigenvalue weighted by Gasteiger charge is -2.20. The molecule has 0 saturated carbocycles. The van der Waals surface area contributed by atoms with Crippen LogP contribution in [0.5, 0.6) is 0 Å². The van der Waals surface area contributed by atoms with Gasteiger partial charge in [0, 0.05) is 19.4 Å². The van der Waals surface area contributed by atoms with Crippen LogP contribution in [0.3, 0.4) is 0 Å². The molecule has 0 bridgehead atoms. The topological polar surface area (TPSA) is 41.9 Å². The predicted octanol–water partition coefficient (Wildman–Crippen LogP) is 11.6. The minimum absolute atomic E-state index is 0.0154. The van der Waals surface area contributed by atoms with Crippen molar-refractivity contribution in [2.45, 2.75) is 200 Å². The largest absolute Gasteiger partial charge is 0.464 e. The quantitative estimate of drug-likeness (QED) is 0.0590. The zero-order valence-electron chi connectivity index (χ0n) is 28.0. The molecule has 1 rings (SSSR count). The summed E-state index contributed by atoms with van der Waals surface area (Å²) in [5.74, 6) is 1.23. The fourth-order valence-corrected chi connectivity index (χ4v) is 6.11. The molecule has 0 aromatic carbocycles. The number of carbonyl (C=O) groups excluding carboxylic acids is 1. The number of amidine groups is 1. The molecular formula is C37H72N2O2. The molecule has 0 atom stereocenters. The molecule has 0 spiro atoms. The van der Waals surface area contributed by atoms with Crippen LogP contribution in [0.25, 0.3) is 0 Å². The molecule has 0 N–H and O–H groups in total. The Labute approximate surface area is 257 Å². The van der Waals surface area contributed by atoms with Gasteiger partial charge in [0.25, 0.3) is 0 Å². The molecule has 4 heteroatoms. The minimum Gasteiger partial charge on any atom is -0.464 e. The van der Waals surface area contributed by atoms with Crippen LogP contribution in [-0.4, -0.2) is 42.9 Å². The molecule has 1 aliphatic rings. The molecular weight excluding hydrogens is 504 g/mol. The maximum atomic E-state index is 12.2. The molecule has 41 heavy (non-hydrogen) atoms. The van der Waals surface area contributed by atoms with E-state index in [9.17, 15) is 4.79 Å². The third kappa shape index (κ3) is 25.2. The van der Waals surface area contributed by atoms with Crippen LogP contribution < -0.4 is 0 Å². The number of carbonyl (C=O) groups is 1. The Hall–Kier alpha value is -1.06. The van der Waals surface area contributed by atoms with Crippen LogP contribution in [0.2, 0.25) is 0 Å². The Morgan fingerprint density at radius 3 is 1.41 bits per heavy atom. The van der Waals surface area contributed by atoms with Gasteiger partial charge in [0.1, 0.15) is 6.61 Å². The maximum Gasteiger partial charge on any atom is 0.305 e. The number of nitrogens with zero attached hydrogens (tertiary/aromatic N) is 2. The van der Waals surface area contributed by atoms with E-state index in [0.717, 1.165) is 38.9 Å². The van der Waals surface area contributed by atoms with Crippen molar-refractivity contribution in [2.75, 3.05) is 26.2 Å². The second-order valence-electron chi connectivity index (χ2n) is 12.8. The summed E-state index contributed by atoms with van der Waals surface area (Å²) in [6.07, 6.45) is 38.5. The normalized spacial score (nSPS) is 13.2. The van der Waals surface area contributed by atoms with Gasteiger partial charge in [0.15, 0.2) is 0 Å². The van der Waals surface area contributed by atoms with E-state index in [1.807, 2.05) is 0 Å². The molecule has 0 aliphatic carbocycles. The van der Waals surface area contributed by atoms with E-state index >= 15 is 0 Å². The number of ether oxygens (including phenoxy) is 1. The van der Waals surface area contributed by atoms with Crippen molar-refractivity contribution in [1.82, 2.24) is 4.90 Å². The summed E-state index contributed by atoms with van der Waals surface area (Å²) >= 11 is 0. The first-order valence-corrected chi connectivity index (χ1v) is 18.7. The van der Waals surface area contributed by atoms with Gasteiger partial charge in [0.2, 0.25) is 0 Å². The van der Waals surface area contributed by atoms with Gasteiger partial charge in [0.05, 0.1) is 18.9 Å². The van der Waals surface area contributed by atoms with Crippen LogP contribution >= 0.6 is 0 Å². The Kier molecular flexibility index (Phi) is 28.1. The Morgan fingerprint density at radius 2 is 0.976 bits per heavy atom. The predicted molar refractivity (Wildman–Crippen MR) is 180 cm³/mol. The van der Waals surface area contributed by atoms with Crippen molar-refractivity contribution in [3.05, 3.63) is 0 Å². The molecule has 0 fully saturated rings. The first-order valence-electron chi connectivity index (χ1n) is 18.7. The van der Waals surface area contributed by atoms with Crippen molar-refractivity contribution in [2.24, 2.45) is 4.99 Å². The first kappa shape index (κ1) is 38.0. The van der Waals surface area contributed by atoms with E-state index in [2.05, 4.69) is 18.7 Å². The molecule has 4 nitrogen and oxygen atoms in total. The third-order valence-electron chi connectivity index (χ3n) is 8.89. The number of rotatable bonds is 32. The van der Waals surface area contributed by atoms with Gasteiger partial charge in [-0.25, -0.2) is 0 Å². The van der Waals surface area contributed by atoms with E-state index in [1.54, 1.807) is 0 Å². The lowest BCUT2D eigenvalue weighted by molar-refractivity contribution is -0.143. The molecule has 242 valence electrons. The van der Waals surface area contributed by atoms with Gasteiger partial charge in [-0.2, -0.15) is 0 Å². The highest BCUT2D eigenvalue weighted by molar-refractivity contribution is 5.83. The van der Waals surface area contributed by atoms with Crippen molar-refractivity contribution in [3.8, 4) is 0 Å². The Morgan fingerprint density at radius 1 is 0.585 bits per heavy atom. The summed E-state index contributed by atoms with van der Waals surface area (Å²) in [5, 5.41) is 0. The van der Waals surface area contributed by atoms with Gasteiger partial charge in [-0.05, 0) is 12.8 Å². The maximum absolute atomic E-state index is 12.2. The lowest BCUT2D eigenvalue weighted by Crippen LogP contribution is -2.31. The lowest BCUT2D eigenvalue weighted by atomic mass is 10.0. The van der Waals surface area contributed by atoms with Gasteiger partial charge >= 0.3 is 5.97 Å². The zero-order chi connectivity index (χ0) is 29.5. The van der Waals surface area contributed by atoms with Crippen molar-refractivity contribution in [1.29, 1.82) is 0 Å². The van der Waals surface area contributed by atoms with Gasteiger partial charge < -0.3 is 9.64 Å². The molecule has 0 unspecified atom stereocenters. The number of esters is 1. The second-order valence-corrected chi connectivity index (χ2v) is 12.8. The number of aliphatic imine (C=N–C) groups is 1. The van der Waals surface area contributed by atoms with E-state index in [4.69, 9.17) is 9.73 Å². The van der Waals surface area contributed by atoms with E-state index in [0.29, 0.717) is 13.0 Å². The number of hydrogen-bond donors (Lipinski definition) is 0. The second kappa shape index (κ2) is 30.4. The van der Waals surface area contributed by atoms with Crippen LogP contribution in [0.15, 0.2) is 4.99 Å². The molecule has 1 aliphatic heterocycles. The highest BCUT2D eigenvalue weighted by Crippen LogP contribution is 2.16. The smallest absolute Gasteiger partial charge is 0.305 e. The van der Waals surface area contributed by atoms with E-state index in [-0.39, 0.29) is 5.97 Å². The van der Waals surface area contributed by atoms with Crippen molar-refractivity contribution >= 4 is 11.8 Å². The van der Waals surface area contributed by atoms with Crippen molar-refractivity contribution < 1.29 is 9.53 Å². The summed E-state index contributed by atoms with van der Waals surface area (Å²) in [4.78, 5) is 19.2. The van der Waals surface area contributed by atoms with Gasteiger partial charge in [-0.3, -0.25) is 9.79 Å². The third-order valence-corrected chi connectivity index (χ3v) is 8.89. The standard InChI is InChI=1S/C37H72N2O2/c1-3-5-7-9-11-13-15-17-18-19-21-23-25-27-29-31-37(40)41-35-34-39-33-32-38-36(39)30-28-26-24-22-20-16-14-12-10-8-6-4-2/h3-35H2,1-2H3. The molecule has 0 aromatic heterocycles. The molecule has 1 heterocycles. The summed E-state index contributed by atoms with van der Waals surface area (Å²) < 4.78 is 5.55. The van der Waals surface area contributed by atoms with Crippen LogP contribution in [0, 0.1) is 0 Å². The zero-order valence-corrected chi connectivity index (χ0v) is 28.0. The highest BCUT2D eigenvalue weighted by Gasteiger charge is 2.16. The Bertz CT molecular complexity index is 591. The summed E-state index contributed by atoms with van der Waals surface area (Å²) in [7, 11) is 0. The Balaban J connectivity index is 1.85. The summed E-state index contributed by atoms with van der Waals surface area (Å²) in [5.41, 5.74) is 0. The average Bonchev–Trinajstić information content (AvgIpc) is 3.42. The number of unbranched alkanes of at least 4 members (excludes halogenated alkanes) is 25. The van der Waals surface area contributed by atoms with Crippen LogP contribution in [0.1, 0.15) is 200 Å². The van der Waals surface area contributed by atoms with Crippen LogP contribution in [-0.2, 0) is 9.53 Å². The molecule has 0 amide bonds. The fourth-order valence-electron chi connectivity index (χ4n) is 6.11. The summed E-state index contributed by atoms with van der Waals surface area (Å²) in [6.45, 7) is 7.79. The first-order chi connectivity index (χ1) is 20.3. The monoisotopic (exact) mass is 577 g/mol. The van der Waals surface area contributed by atoms with Gasteiger partial charge in [-0.1, -0.05) is 174 Å². The van der Waals surface area contributed by atoms with Crippen LogP contribution in [0.4, 0.5) is 0 Å². The average molecular weight is 577 g/mol. The number of hydrogen-bond acceptors (Lipinski definition) is 4. The molecule has 0 aromatic rings. The van der Waals surface area contributed by atoms with Crippen molar-refractivity contribution in [3.63, 3.8) is 0 Å². The SMILES string of the molecule is CCCCCCCCCCCCCCCCCC(=O)OCCN1CCN=C1CCCCCCCCCCCCCC. The summed E-state index contributed by atoms with van der Waals surface area (Å²) in [6, 6.07) is 0. The van der Waals surface area contributed by atoms with Gasteiger partial charge in [-0.15, -0.1) is 0 Å².